The van der Waals surface area contributed by atoms with Crippen molar-refractivity contribution in [3.05, 3.63) is 46.4 Å². The van der Waals surface area contributed by atoms with Gasteiger partial charge in [0.1, 0.15) is 17.3 Å². The van der Waals surface area contributed by atoms with Gasteiger partial charge in [0.2, 0.25) is 0 Å². The quantitative estimate of drug-likeness (QED) is 0.826. The van der Waals surface area contributed by atoms with Gasteiger partial charge in [0.15, 0.2) is 9.84 Å². The second-order valence-electron chi connectivity index (χ2n) is 6.35. The number of carbonyl (C=O) groups excluding carboxylic acids is 1. The zero-order chi connectivity index (χ0) is 18.9. The zero-order valence-electron chi connectivity index (χ0n) is 14.4. The molecule has 0 spiro atoms. The van der Waals surface area contributed by atoms with Crippen LogP contribution in [0.5, 0.6) is 0 Å². The second kappa shape index (κ2) is 7.20. The van der Waals surface area contributed by atoms with E-state index in [1.54, 1.807) is 19.1 Å². The Bertz CT molecular complexity index is 962. The summed E-state index contributed by atoms with van der Waals surface area (Å²) in [5.74, 6) is 0.697. The first-order valence-corrected chi connectivity index (χ1v) is 10.3. The predicted molar refractivity (Wildman–Crippen MR) is 102 cm³/mol. The molecule has 2 heterocycles. The van der Waals surface area contributed by atoms with E-state index in [4.69, 9.17) is 11.6 Å². The largest absolute Gasteiger partial charge is 0.366 e. The molecule has 1 aromatic heterocycles. The van der Waals surface area contributed by atoms with Crippen LogP contribution in [0, 0.1) is 13.8 Å². The average Bonchev–Trinajstić information content (AvgIpc) is 2.89. The molecule has 1 unspecified atom stereocenters. The van der Waals surface area contributed by atoms with Crippen LogP contribution < -0.4 is 10.6 Å². The minimum Gasteiger partial charge on any atom is -0.366 e. The highest BCUT2D eigenvalue weighted by Gasteiger charge is 2.28. The molecular weight excluding hydrogens is 376 g/mol. The number of hydrogen-bond donors (Lipinski definition) is 2. The SMILES string of the molecule is Cc1nc(NC2CCS(=O)(=O)C2)cc(C(=O)Nc2ccc(C)c(Cl)c2)n1. The van der Waals surface area contributed by atoms with E-state index in [9.17, 15) is 13.2 Å². The van der Waals surface area contributed by atoms with Gasteiger partial charge < -0.3 is 10.6 Å². The summed E-state index contributed by atoms with van der Waals surface area (Å²) in [6.07, 6.45) is 0.523. The average molecular weight is 395 g/mol. The van der Waals surface area contributed by atoms with Crippen LogP contribution >= 0.6 is 11.6 Å². The van der Waals surface area contributed by atoms with Gasteiger partial charge in [-0.3, -0.25) is 4.79 Å². The Kier molecular flexibility index (Phi) is 5.15. The Morgan fingerprint density at radius 1 is 1.23 bits per heavy atom. The summed E-state index contributed by atoms with van der Waals surface area (Å²) in [6, 6.07) is 6.56. The molecule has 0 radical (unpaired) electrons. The fourth-order valence-electron chi connectivity index (χ4n) is 2.74. The summed E-state index contributed by atoms with van der Waals surface area (Å²) in [4.78, 5) is 20.9. The molecule has 0 bridgehead atoms. The van der Waals surface area contributed by atoms with Gasteiger partial charge in [-0.05, 0) is 38.0 Å². The molecule has 9 heteroatoms. The van der Waals surface area contributed by atoms with Crippen LogP contribution in [0.15, 0.2) is 24.3 Å². The molecule has 1 saturated heterocycles. The fraction of sp³-hybridized carbons (Fsp3) is 0.353. The van der Waals surface area contributed by atoms with Crippen LogP contribution in [-0.2, 0) is 9.84 Å². The maximum atomic E-state index is 12.5. The van der Waals surface area contributed by atoms with Gasteiger partial charge in [0, 0.05) is 22.8 Å². The summed E-state index contributed by atoms with van der Waals surface area (Å²) in [6.45, 7) is 3.55. The number of carbonyl (C=O) groups is 1. The summed E-state index contributed by atoms with van der Waals surface area (Å²) in [5.41, 5.74) is 1.68. The van der Waals surface area contributed by atoms with Crippen LogP contribution in [0.3, 0.4) is 0 Å². The fourth-order valence-corrected chi connectivity index (χ4v) is 4.60. The molecule has 1 fully saturated rings. The number of hydrogen-bond acceptors (Lipinski definition) is 6. The number of amides is 1. The van der Waals surface area contributed by atoms with Gasteiger partial charge in [-0.2, -0.15) is 0 Å². The molecule has 138 valence electrons. The predicted octanol–water partition coefficient (Wildman–Crippen LogP) is 2.60. The van der Waals surface area contributed by atoms with Crippen LogP contribution in [0.1, 0.15) is 28.3 Å². The Labute approximate surface area is 157 Å². The van der Waals surface area contributed by atoms with Crippen molar-refractivity contribution in [1.29, 1.82) is 0 Å². The van der Waals surface area contributed by atoms with Gasteiger partial charge >= 0.3 is 0 Å². The van der Waals surface area contributed by atoms with Crippen LogP contribution in [-0.4, -0.2) is 41.8 Å². The number of aryl methyl sites for hydroxylation is 2. The molecule has 1 amide bonds. The van der Waals surface area contributed by atoms with Crippen LogP contribution in [0.25, 0.3) is 0 Å². The molecule has 1 atom stereocenters. The lowest BCUT2D eigenvalue weighted by Crippen LogP contribution is -2.22. The summed E-state index contributed by atoms with van der Waals surface area (Å²) in [5, 5.41) is 6.39. The maximum absolute atomic E-state index is 12.5. The highest BCUT2D eigenvalue weighted by atomic mass is 35.5. The smallest absolute Gasteiger partial charge is 0.274 e. The van der Waals surface area contributed by atoms with Crippen LogP contribution in [0.4, 0.5) is 11.5 Å². The number of nitrogens with one attached hydrogen (secondary N) is 2. The van der Waals surface area contributed by atoms with Crippen molar-refractivity contribution in [2.24, 2.45) is 0 Å². The molecule has 7 nitrogen and oxygen atoms in total. The van der Waals surface area contributed by atoms with Crippen molar-refractivity contribution in [3.8, 4) is 0 Å². The third-order valence-electron chi connectivity index (χ3n) is 4.08. The first kappa shape index (κ1) is 18.6. The summed E-state index contributed by atoms with van der Waals surface area (Å²) >= 11 is 6.08. The number of aromatic nitrogens is 2. The lowest BCUT2D eigenvalue weighted by atomic mass is 10.2. The van der Waals surface area contributed by atoms with Gasteiger partial charge in [-0.25, -0.2) is 18.4 Å². The van der Waals surface area contributed by atoms with E-state index in [1.807, 2.05) is 13.0 Å². The zero-order valence-corrected chi connectivity index (χ0v) is 16.0. The molecule has 26 heavy (non-hydrogen) atoms. The Balaban J connectivity index is 1.76. The minimum absolute atomic E-state index is 0.0689. The van der Waals surface area contributed by atoms with Crippen molar-refractivity contribution in [2.45, 2.75) is 26.3 Å². The maximum Gasteiger partial charge on any atom is 0.274 e. The molecule has 0 saturated carbocycles. The van der Waals surface area contributed by atoms with E-state index in [0.717, 1.165) is 5.56 Å². The van der Waals surface area contributed by atoms with E-state index in [1.165, 1.54) is 6.07 Å². The first-order chi connectivity index (χ1) is 12.2. The number of benzene rings is 1. The topological polar surface area (TPSA) is 101 Å². The number of halogens is 1. The van der Waals surface area contributed by atoms with Gasteiger partial charge in [-0.1, -0.05) is 17.7 Å². The van der Waals surface area contributed by atoms with Crippen molar-refractivity contribution < 1.29 is 13.2 Å². The number of sulfone groups is 1. The van der Waals surface area contributed by atoms with E-state index in [-0.39, 0.29) is 23.2 Å². The molecule has 1 aliphatic heterocycles. The standard InChI is InChI=1S/C17H19ClN4O3S/c1-10-3-4-12(7-14(10)18)22-17(23)15-8-16(20-11(2)19-15)21-13-5-6-26(24,25)9-13/h3-4,7-8,13H,5-6,9H2,1-2H3,(H,22,23)(H,19,20,21). The van der Waals surface area contributed by atoms with Gasteiger partial charge in [0.25, 0.3) is 5.91 Å². The monoisotopic (exact) mass is 394 g/mol. The lowest BCUT2D eigenvalue weighted by Gasteiger charge is -2.13. The molecule has 2 N–H and O–H groups in total. The van der Waals surface area contributed by atoms with Crippen molar-refractivity contribution in [3.63, 3.8) is 0 Å². The first-order valence-electron chi connectivity index (χ1n) is 8.12. The van der Waals surface area contributed by atoms with Crippen LogP contribution in [0.2, 0.25) is 5.02 Å². The Morgan fingerprint density at radius 3 is 2.65 bits per heavy atom. The van der Waals surface area contributed by atoms with E-state index < -0.39 is 15.7 Å². The third-order valence-corrected chi connectivity index (χ3v) is 6.26. The minimum atomic E-state index is -3.00. The van der Waals surface area contributed by atoms with Crippen molar-refractivity contribution in [2.75, 3.05) is 22.1 Å². The summed E-state index contributed by atoms with van der Waals surface area (Å²) in [7, 11) is -3.00. The Hall–Kier alpha value is -2.19. The summed E-state index contributed by atoms with van der Waals surface area (Å²) < 4.78 is 23.2. The second-order valence-corrected chi connectivity index (χ2v) is 8.98. The van der Waals surface area contributed by atoms with E-state index in [0.29, 0.717) is 28.8 Å². The molecule has 1 aliphatic rings. The van der Waals surface area contributed by atoms with E-state index >= 15 is 0 Å². The van der Waals surface area contributed by atoms with E-state index in [2.05, 4.69) is 20.6 Å². The van der Waals surface area contributed by atoms with Crippen molar-refractivity contribution >= 4 is 38.9 Å². The number of rotatable bonds is 4. The highest BCUT2D eigenvalue weighted by molar-refractivity contribution is 7.91. The molecular formula is C17H19ClN4O3S. The lowest BCUT2D eigenvalue weighted by molar-refractivity contribution is 0.102. The Morgan fingerprint density at radius 2 is 2.00 bits per heavy atom. The normalized spacial score (nSPS) is 18.5. The molecule has 3 rings (SSSR count). The van der Waals surface area contributed by atoms with Gasteiger partial charge in [0.05, 0.1) is 11.5 Å². The molecule has 0 aliphatic carbocycles. The van der Waals surface area contributed by atoms with Crippen molar-refractivity contribution in [1.82, 2.24) is 9.97 Å². The van der Waals surface area contributed by atoms with Gasteiger partial charge in [-0.15, -0.1) is 0 Å². The molecule has 1 aromatic carbocycles. The highest BCUT2D eigenvalue weighted by Crippen LogP contribution is 2.21. The molecule has 2 aromatic rings. The third kappa shape index (κ3) is 4.50. The number of anilines is 2. The number of nitrogens with zero attached hydrogens (tertiary/aromatic N) is 2.